The van der Waals surface area contributed by atoms with Gasteiger partial charge in [0.2, 0.25) is 17.6 Å². The summed E-state index contributed by atoms with van der Waals surface area (Å²) >= 11 is 0. The minimum atomic E-state index is -1.03. The number of nitrogens with two attached hydrogens (primary N) is 1. The fraction of sp³-hybridized carbons (Fsp3) is 0.439. The number of rotatable bonds is 11. The number of aryl methyl sites for hydroxylation is 1. The molecule has 2 aromatic carbocycles. The van der Waals surface area contributed by atoms with Crippen molar-refractivity contribution in [2.45, 2.75) is 90.3 Å². The molecular weight excluding hydrogens is 729 g/mol. The van der Waals surface area contributed by atoms with E-state index in [1.54, 1.807) is 36.5 Å². The highest BCUT2D eigenvalue weighted by Gasteiger charge is 2.36. The quantitative estimate of drug-likeness (QED) is 0.146. The van der Waals surface area contributed by atoms with E-state index in [0.717, 1.165) is 28.7 Å². The van der Waals surface area contributed by atoms with Crippen molar-refractivity contribution >= 4 is 35.4 Å². The number of nitrogens with one attached hydrogen (secondary N) is 4. The average Bonchev–Trinajstić information content (AvgIpc) is 3.74. The van der Waals surface area contributed by atoms with Crippen LogP contribution in [-0.2, 0) is 25.5 Å². The molecular formula is C41H50N10O6. The number of nitrogens with zero attached hydrogens (tertiary/aromatic N) is 5. The first-order valence-corrected chi connectivity index (χ1v) is 19.3. The number of carbonyl (C=O) groups excluding carboxylic acids is 5. The Morgan fingerprint density at radius 2 is 1.68 bits per heavy atom. The summed E-state index contributed by atoms with van der Waals surface area (Å²) in [6.07, 6.45) is 5.23. The van der Waals surface area contributed by atoms with E-state index in [-0.39, 0.29) is 29.8 Å². The molecule has 6 rings (SSSR count). The fourth-order valence-corrected chi connectivity index (χ4v) is 7.20. The van der Waals surface area contributed by atoms with Crippen LogP contribution in [0.2, 0.25) is 0 Å². The number of carbonyl (C=O) groups is 5. The smallest absolute Gasteiger partial charge is 0.407 e. The van der Waals surface area contributed by atoms with Gasteiger partial charge in [-0.05, 0) is 131 Å². The van der Waals surface area contributed by atoms with E-state index < -0.39 is 41.5 Å². The van der Waals surface area contributed by atoms with Crippen LogP contribution in [0.15, 0.2) is 60.8 Å². The molecule has 4 aromatic rings. The molecule has 1 aliphatic carbocycles. The van der Waals surface area contributed by atoms with E-state index >= 15 is 0 Å². The maximum atomic E-state index is 14.2. The van der Waals surface area contributed by atoms with E-state index in [4.69, 9.17) is 10.5 Å². The monoisotopic (exact) mass is 778 g/mol. The molecule has 1 saturated carbocycles. The number of H-pyrrole nitrogens is 1. The Kier molecular flexibility index (Phi) is 12.7. The Labute approximate surface area is 331 Å². The van der Waals surface area contributed by atoms with Gasteiger partial charge < -0.3 is 26.4 Å². The number of aromatic amines is 1. The summed E-state index contributed by atoms with van der Waals surface area (Å²) in [6.45, 7) is 8.37. The van der Waals surface area contributed by atoms with Crippen LogP contribution in [0, 0.1) is 18.8 Å². The van der Waals surface area contributed by atoms with Crippen LogP contribution in [0.4, 0.5) is 10.5 Å². The fourth-order valence-electron chi connectivity index (χ4n) is 7.20. The summed E-state index contributed by atoms with van der Waals surface area (Å²) < 4.78 is 5.36. The molecule has 2 fully saturated rings. The third-order valence-corrected chi connectivity index (χ3v) is 10.3. The van der Waals surface area contributed by atoms with Crippen molar-refractivity contribution in [1.29, 1.82) is 0 Å². The van der Waals surface area contributed by atoms with Crippen molar-refractivity contribution in [3.8, 4) is 22.5 Å². The molecule has 2 aromatic heterocycles. The number of alkyl carbamates (subject to hydrolysis) is 1. The first-order chi connectivity index (χ1) is 27.3. The largest absolute Gasteiger partial charge is 0.444 e. The molecule has 16 nitrogen and oxygen atoms in total. The molecule has 3 heterocycles. The zero-order valence-corrected chi connectivity index (χ0v) is 32.7. The van der Waals surface area contributed by atoms with Gasteiger partial charge in [0.15, 0.2) is 0 Å². The van der Waals surface area contributed by atoms with Gasteiger partial charge in [-0.3, -0.25) is 24.2 Å². The molecule has 1 saturated heterocycles. The van der Waals surface area contributed by atoms with Crippen molar-refractivity contribution in [2.24, 2.45) is 17.6 Å². The van der Waals surface area contributed by atoms with Gasteiger partial charge in [-0.25, -0.2) is 9.69 Å². The van der Waals surface area contributed by atoms with Crippen LogP contribution < -0.4 is 26.6 Å². The molecule has 6 N–H and O–H groups in total. The molecule has 1 aliphatic heterocycles. The van der Waals surface area contributed by atoms with Gasteiger partial charge in [-0.1, -0.05) is 24.3 Å². The number of hydrogen-bond donors (Lipinski definition) is 5. The molecule has 0 unspecified atom stereocenters. The van der Waals surface area contributed by atoms with Crippen molar-refractivity contribution < 1.29 is 28.7 Å². The second-order valence-electron chi connectivity index (χ2n) is 15.7. The number of piperidine rings is 1. The van der Waals surface area contributed by atoms with Crippen LogP contribution in [0.1, 0.15) is 80.9 Å². The molecule has 0 spiro atoms. The summed E-state index contributed by atoms with van der Waals surface area (Å²) in [5.74, 6) is -1.29. The van der Waals surface area contributed by atoms with Gasteiger partial charge in [0.25, 0.3) is 11.8 Å². The predicted molar refractivity (Wildman–Crippen MR) is 211 cm³/mol. The SMILES string of the molecule is Cc1cc(C(=O)N[C@@H]2CCCNC2=O)ncc1-c1ccc(C[C@H](N)C(=O)N(C(=O)C2CCC(CNC(=O)OC(C)(C)C)CC2)c2ccc(-c3nn[nH]n3)cc2)cc1. The second kappa shape index (κ2) is 17.8. The van der Waals surface area contributed by atoms with Gasteiger partial charge in [-0.2, -0.15) is 5.21 Å². The van der Waals surface area contributed by atoms with E-state index in [2.05, 4.69) is 41.6 Å². The summed E-state index contributed by atoms with van der Waals surface area (Å²) in [5.41, 5.74) is 10.6. The first kappa shape index (κ1) is 40.6. The topological polar surface area (TPSA) is 227 Å². The van der Waals surface area contributed by atoms with Gasteiger partial charge >= 0.3 is 6.09 Å². The number of aromatic nitrogens is 5. The highest BCUT2D eigenvalue weighted by atomic mass is 16.6. The van der Waals surface area contributed by atoms with Gasteiger partial charge in [0.05, 0.1) is 11.7 Å². The van der Waals surface area contributed by atoms with Crippen LogP contribution >= 0.6 is 0 Å². The minimum Gasteiger partial charge on any atom is -0.444 e. The lowest BCUT2D eigenvalue weighted by Crippen LogP contribution is -2.50. The van der Waals surface area contributed by atoms with E-state index in [9.17, 15) is 24.0 Å². The molecule has 0 bridgehead atoms. The lowest BCUT2D eigenvalue weighted by atomic mass is 9.81. The molecule has 5 amide bonds. The lowest BCUT2D eigenvalue weighted by Gasteiger charge is -2.32. The van der Waals surface area contributed by atoms with Gasteiger partial charge in [0.1, 0.15) is 17.3 Å². The zero-order valence-electron chi connectivity index (χ0n) is 32.7. The number of imide groups is 1. The standard InChI is InChI=1S/C41H50N10O6/c1-24-20-34(37(53)46-33-6-5-19-43-36(33)52)44-23-31(24)27-11-7-25(8-12-27)21-32(42)39(55)51(30-17-15-28(16-18-30)35-47-49-50-48-35)38(54)29-13-9-26(10-14-29)22-45-40(56)57-41(2,3)4/h7-8,11-12,15-18,20,23,26,29,32-33H,5-6,9-10,13-14,19,21-22,42H2,1-4H3,(H,43,52)(H,45,56)(H,46,53)(H,47,48,49,50)/t26?,29?,32-,33+/m0/s1. The zero-order chi connectivity index (χ0) is 40.7. The van der Waals surface area contributed by atoms with Crippen molar-refractivity contribution in [3.05, 3.63) is 77.6 Å². The number of pyridine rings is 1. The third-order valence-electron chi connectivity index (χ3n) is 10.3. The number of benzene rings is 2. The maximum absolute atomic E-state index is 14.2. The molecule has 300 valence electrons. The summed E-state index contributed by atoms with van der Waals surface area (Å²) in [5, 5.41) is 22.4. The summed E-state index contributed by atoms with van der Waals surface area (Å²) in [4.78, 5) is 71.1. The Hall–Kier alpha value is -6.03. The molecule has 16 heteroatoms. The van der Waals surface area contributed by atoms with Crippen molar-refractivity contribution in [3.63, 3.8) is 0 Å². The Morgan fingerprint density at radius 1 is 0.982 bits per heavy atom. The number of hydrogen-bond acceptors (Lipinski definition) is 11. The highest BCUT2D eigenvalue weighted by Crippen LogP contribution is 2.32. The maximum Gasteiger partial charge on any atom is 0.407 e. The number of amides is 5. The normalized spacial score (nSPS) is 18.8. The van der Waals surface area contributed by atoms with Crippen LogP contribution in [-0.4, -0.2) is 86.1 Å². The minimum absolute atomic E-state index is 0.179. The van der Waals surface area contributed by atoms with E-state index in [0.29, 0.717) is 62.3 Å². The first-order valence-electron chi connectivity index (χ1n) is 19.3. The third kappa shape index (κ3) is 10.4. The van der Waals surface area contributed by atoms with E-state index in [1.165, 1.54) is 4.90 Å². The van der Waals surface area contributed by atoms with Crippen molar-refractivity contribution in [1.82, 2.24) is 41.6 Å². The molecule has 0 radical (unpaired) electrons. The number of ether oxygens (including phenoxy) is 1. The second-order valence-corrected chi connectivity index (χ2v) is 15.7. The van der Waals surface area contributed by atoms with Crippen LogP contribution in [0.25, 0.3) is 22.5 Å². The molecule has 57 heavy (non-hydrogen) atoms. The summed E-state index contributed by atoms with van der Waals surface area (Å²) in [7, 11) is 0. The van der Waals surface area contributed by atoms with E-state index in [1.807, 2.05) is 52.0 Å². The lowest BCUT2D eigenvalue weighted by molar-refractivity contribution is -0.130. The van der Waals surface area contributed by atoms with Gasteiger partial charge in [0, 0.05) is 36.3 Å². The molecule has 2 atom stereocenters. The van der Waals surface area contributed by atoms with Crippen molar-refractivity contribution in [2.75, 3.05) is 18.0 Å². The Morgan fingerprint density at radius 3 is 2.32 bits per heavy atom. The average molecular weight is 779 g/mol. The predicted octanol–water partition coefficient (Wildman–Crippen LogP) is 4.01. The number of anilines is 1. The Bertz CT molecular complexity index is 2060. The summed E-state index contributed by atoms with van der Waals surface area (Å²) in [6, 6.07) is 14.5. The van der Waals surface area contributed by atoms with Gasteiger partial charge in [-0.15, -0.1) is 10.2 Å². The Balaban J connectivity index is 1.12. The van der Waals surface area contributed by atoms with Crippen LogP contribution in [0.5, 0.6) is 0 Å². The number of tetrazole rings is 1. The van der Waals surface area contributed by atoms with Crippen LogP contribution in [0.3, 0.4) is 0 Å². The highest BCUT2D eigenvalue weighted by molar-refractivity contribution is 6.17. The molecule has 2 aliphatic rings.